The van der Waals surface area contributed by atoms with Gasteiger partial charge in [-0.1, -0.05) is 18.3 Å². The molecule has 1 aromatic heterocycles. The zero-order valence-electron chi connectivity index (χ0n) is 17.2. The van der Waals surface area contributed by atoms with E-state index < -0.39 is 28.9 Å². The zero-order valence-corrected chi connectivity index (χ0v) is 18.0. The van der Waals surface area contributed by atoms with E-state index in [1.807, 2.05) is 6.07 Å². The molecule has 1 heterocycles. The topological polar surface area (TPSA) is 76.9 Å². The smallest absolute Gasteiger partial charge is 0.416 e. The van der Waals surface area contributed by atoms with Crippen LogP contribution in [0, 0.1) is 11.3 Å². The number of halogens is 6. The number of benzene rings is 2. The van der Waals surface area contributed by atoms with E-state index >= 15 is 0 Å². The number of rotatable bonds is 5. The molecule has 1 unspecified atom stereocenters. The Morgan fingerprint density at radius 3 is 2.18 bits per heavy atom. The molecule has 0 aliphatic carbocycles. The van der Waals surface area contributed by atoms with Crippen LogP contribution >= 0.6 is 12.2 Å². The largest absolute Gasteiger partial charge is 0.481 e. The van der Waals surface area contributed by atoms with Crippen molar-refractivity contribution in [3.05, 3.63) is 58.7 Å². The molecule has 3 aromatic rings. The van der Waals surface area contributed by atoms with E-state index in [1.165, 1.54) is 20.1 Å². The van der Waals surface area contributed by atoms with Crippen LogP contribution in [-0.4, -0.2) is 21.9 Å². The lowest BCUT2D eigenvalue weighted by molar-refractivity contribution is -0.138. The molecule has 0 saturated heterocycles. The summed E-state index contributed by atoms with van der Waals surface area (Å²) in [5.74, 6) is 0.0454. The number of nitrogens with two attached hydrogens (primary N) is 1. The standard InChI is InChI=1S/C21H16F6N4OS/c1-19(9-28,15-7-11(20(22,23)24)3-5-13(15)17(29)33)10-31-18(32-2)14-6-4-12(21(25,26)27)8-16(14)30-31/h3-8H,10H2,1-2H3,(H2,29,33). The van der Waals surface area contributed by atoms with E-state index in [1.54, 1.807) is 0 Å². The van der Waals surface area contributed by atoms with Gasteiger partial charge < -0.3 is 10.5 Å². The first kappa shape index (κ1) is 24.3. The average molecular weight is 486 g/mol. The number of fused-ring (bicyclic) bond motifs is 1. The summed E-state index contributed by atoms with van der Waals surface area (Å²) in [7, 11) is 1.26. The minimum atomic E-state index is -4.69. The Morgan fingerprint density at radius 1 is 1.09 bits per heavy atom. The maximum absolute atomic E-state index is 13.3. The number of methoxy groups -OCH3 is 1. The highest BCUT2D eigenvalue weighted by Gasteiger charge is 2.37. The number of thiocarbonyl (C=S) groups is 1. The number of nitriles is 1. The molecule has 12 heteroatoms. The molecule has 1 atom stereocenters. The Morgan fingerprint density at radius 2 is 1.67 bits per heavy atom. The van der Waals surface area contributed by atoms with Gasteiger partial charge in [-0.05, 0) is 42.8 Å². The van der Waals surface area contributed by atoms with Crippen LogP contribution in [0.2, 0.25) is 0 Å². The highest BCUT2D eigenvalue weighted by atomic mass is 32.1. The lowest BCUT2D eigenvalue weighted by Gasteiger charge is -2.26. The van der Waals surface area contributed by atoms with E-state index in [0.717, 1.165) is 35.0 Å². The van der Waals surface area contributed by atoms with Crippen LogP contribution in [0.4, 0.5) is 26.3 Å². The minimum absolute atomic E-state index is 0.0454. The summed E-state index contributed by atoms with van der Waals surface area (Å²) in [4.78, 5) is -0.215. The molecule has 0 fully saturated rings. The highest BCUT2D eigenvalue weighted by molar-refractivity contribution is 7.80. The SMILES string of the molecule is COc1c2ccc(C(F)(F)F)cc2nn1CC(C)(C#N)c1cc(C(F)(F)F)ccc1C(N)=S. The molecule has 0 radical (unpaired) electrons. The van der Waals surface area contributed by atoms with Gasteiger partial charge in [-0.15, -0.1) is 0 Å². The molecular weight excluding hydrogens is 470 g/mol. The van der Waals surface area contributed by atoms with Crippen molar-refractivity contribution >= 4 is 28.1 Å². The second kappa shape index (κ2) is 8.22. The van der Waals surface area contributed by atoms with Crippen LogP contribution in [0.3, 0.4) is 0 Å². The summed E-state index contributed by atoms with van der Waals surface area (Å²) in [5, 5.41) is 14.3. The average Bonchev–Trinajstić information content (AvgIpc) is 3.07. The fraction of sp³-hybridized carbons (Fsp3) is 0.286. The maximum atomic E-state index is 13.3. The van der Waals surface area contributed by atoms with Gasteiger partial charge >= 0.3 is 12.4 Å². The zero-order chi connectivity index (χ0) is 24.8. The van der Waals surface area contributed by atoms with Gasteiger partial charge in [0.1, 0.15) is 4.99 Å². The molecule has 0 amide bonds. The molecule has 0 bridgehead atoms. The van der Waals surface area contributed by atoms with Crippen molar-refractivity contribution in [1.82, 2.24) is 9.78 Å². The van der Waals surface area contributed by atoms with Crippen molar-refractivity contribution in [3.63, 3.8) is 0 Å². The fourth-order valence-electron chi connectivity index (χ4n) is 3.48. The first-order valence-electron chi connectivity index (χ1n) is 9.26. The van der Waals surface area contributed by atoms with Gasteiger partial charge in [0.15, 0.2) is 0 Å². The second-order valence-corrected chi connectivity index (χ2v) is 7.90. The number of aromatic nitrogens is 2. The Hall–Kier alpha value is -3.33. The van der Waals surface area contributed by atoms with Crippen molar-refractivity contribution in [2.24, 2.45) is 5.73 Å². The van der Waals surface area contributed by atoms with Gasteiger partial charge in [0.2, 0.25) is 5.88 Å². The number of hydrogen-bond acceptors (Lipinski definition) is 4. The van der Waals surface area contributed by atoms with Crippen LogP contribution < -0.4 is 10.5 Å². The summed E-state index contributed by atoms with van der Waals surface area (Å²) in [6, 6.07) is 7.50. The lowest BCUT2D eigenvalue weighted by atomic mass is 9.80. The Bertz CT molecular complexity index is 1270. The van der Waals surface area contributed by atoms with Gasteiger partial charge in [0.25, 0.3) is 0 Å². The first-order chi connectivity index (χ1) is 15.2. The molecule has 0 saturated carbocycles. The molecule has 2 aromatic carbocycles. The molecule has 0 aliphatic rings. The molecule has 0 spiro atoms. The quantitative estimate of drug-likeness (QED) is 0.396. The third-order valence-electron chi connectivity index (χ3n) is 5.13. The van der Waals surface area contributed by atoms with E-state index in [9.17, 15) is 31.6 Å². The summed E-state index contributed by atoms with van der Waals surface area (Å²) in [6.07, 6.45) is -9.29. The molecule has 5 nitrogen and oxygen atoms in total. The summed E-state index contributed by atoms with van der Waals surface area (Å²) in [6.45, 7) is 1.01. The van der Waals surface area contributed by atoms with Crippen LogP contribution in [0.15, 0.2) is 36.4 Å². The Kier molecular flexibility index (Phi) is 6.06. The van der Waals surface area contributed by atoms with E-state index in [2.05, 4.69) is 5.10 Å². The molecule has 3 rings (SSSR count). The predicted octanol–water partition coefficient (Wildman–Crippen LogP) is 5.20. The third kappa shape index (κ3) is 4.59. The van der Waals surface area contributed by atoms with Crippen molar-refractivity contribution in [2.75, 3.05) is 7.11 Å². The Balaban J connectivity index is 2.18. The van der Waals surface area contributed by atoms with Crippen LogP contribution in [0.1, 0.15) is 29.2 Å². The third-order valence-corrected chi connectivity index (χ3v) is 5.35. The van der Waals surface area contributed by atoms with Crippen molar-refractivity contribution in [3.8, 4) is 11.9 Å². The molecule has 33 heavy (non-hydrogen) atoms. The van der Waals surface area contributed by atoms with Gasteiger partial charge in [0.05, 0.1) is 47.2 Å². The first-order valence-corrected chi connectivity index (χ1v) is 9.66. The normalized spacial score (nSPS) is 14.0. The van der Waals surface area contributed by atoms with E-state index in [0.29, 0.717) is 0 Å². The second-order valence-electron chi connectivity index (χ2n) is 7.46. The summed E-state index contributed by atoms with van der Waals surface area (Å²) >= 11 is 4.95. The molecule has 0 aliphatic heterocycles. The number of nitrogens with zero attached hydrogens (tertiary/aromatic N) is 3. The van der Waals surface area contributed by atoms with Gasteiger partial charge in [0, 0.05) is 5.56 Å². The number of ether oxygens (including phenoxy) is 1. The van der Waals surface area contributed by atoms with Crippen LogP contribution in [0.25, 0.3) is 10.9 Å². The minimum Gasteiger partial charge on any atom is -0.481 e. The lowest BCUT2D eigenvalue weighted by Crippen LogP contribution is -2.31. The van der Waals surface area contributed by atoms with Gasteiger partial charge in [-0.25, -0.2) is 4.68 Å². The van der Waals surface area contributed by atoms with Crippen LogP contribution in [0.5, 0.6) is 5.88 Å². The molecule has 2 N–H and O–H groups in total. The molecule has 174 valence electrons. The number of hydrogen-bond donors (Lipinski definition) is 1. The molecular formula is C21H16F6N4OS. The maximum Gasteiger partial charge on any atom is 0.416 e. The number of alkyl halides is 6. The van der Waals surface area contributed by atoms with E-state index in [-0.39, 0.29) is 39.4 Å². The van der Waals surface area contributed by atoms with Crippen molar-refractivity contribution < 1.29 is 31.1 Å². The van der Waals surface area contributed by atoms with Gasteiger partial charge in [-0.2, -0.15) is 36.7 Å². The van der Waals surface area contributed by atoms with Crippen molar-refractivity contribution in [2.45, 2.75) is 31.2 Å². The highest BCUT2D eigenvalue weighted by Crippen LogP contribution is 2.38. The van der Waals surface area contributed by atoms with Crippen molar-refractivity contribution in [1.29, 1.82) is 5.26 Å². The van der Waals surface area contributed by atoms with E-state index in [4.69, 9.17) is 22.7 Å². The Labute approximate surface area is 189 Å². The van der Waals surface area contributed by atoms with Gasteiger partial charge in [-0.3, -0.25) is 0 Å². The summed E-state index contributed by atoms with van der Waals surface area (Å²) < 4.78 is 85.7. The summed E-state index contributed by atoms with van der Waals surface area (Å²) in [5.41, 5.74) is 2.01. The monoisotopic (exact) mass is 486 g/mol. The fourth-order valence-corrected chi connectivity index (χ4v) is 3.66. The van der Waals surface area contributed by atoms with Crippen LogP contribution in [-0.2, 0) is 24.3 Å². The predicted molar refractivity (Wildman–Crippen MR) is 112 cm³/mol.